The first kappa shape index (κ1) is 42.1. The van der Waals surface area contributed by atoms with Crippen LogP contribution in [0.25, 0.3) is 0 Å². The minimum atomic E-state index is 0.866. The molecular formula is C36H71. The molecule has 0 nitrogen and oxygen atoms in total. The van der Waals surface area contributed by atoms with Crippen LogP contribution in [0.2, 0.25) is 0 Å². The zero-order valence-corrected chi connectivity index (χ0v) is 27.6. The van der Waals surface area contributed by atoms with Crippen LogP contribution in [-0.2, 0) is 0 Å². The maximum absolute atomic E-state index is 3.65. The molecular weight excluding hydrogens is 432 g/mol. The summed E-state index contributed by atoms with van der Waals surface area (Å²) >= 11 is 0. The third kappa shape index (κ3) is 35.1. The maximum atomic E-state index is 3.65. The van der Waals surface area contributed by atoms with Gasteiger partial charge in [-0.3, -0.25) is 0 Å². The highest BCUT2D eigenvalue weighted by molar-refractivity contribution is 5.19. The molecule has 2 atom stereocenters. The second kappa shape index (κ2) is 34.0. The SMILES string of the molecule is CC.CCC(C)C(C)C.CCC(C)CC.CCC=C(C)C.[CH2]\C=C/C=C\C=C1/CCC(CCCC)C1. The molecule has 1 aliphatic carbocycles. The Hall–Kier alpha value is -1.04. The summed E-state index contributed by atoms with van der Waals surface area (Å²) in [5, 5.41) is 0. The molecule has 0 saturated heterocycles. The number of rotatable bonds is 10. The molecule has 0 bridgehead atoms. The van der Waals surface area contributed by atoms with Gasteiger partial charge >= 0.3 is 0 Å². The fourth-order valence-electron chi connectivity index (χ4n) is 3.36. The van der Waals surface area contributed by atoms with Crippen LogP contribution >= 0.6 is 0 Å². The first-order valence-electron chi connectivity index (χ1n) is 15.6. The van der Waals surface area contributed by atoms with Crippen molar-refractivity contribution >= 4 is 0 Å². The van der Waals surface area contributed by atoms with Crippen molar-refractivity contribution in [3.63, 3.8) is 0 Å². The van der Waals surface area contributed by atoms with E-state index in [0.29, 0.717) is 0 Å². The lowest BCUT2D eigenvalue weighted by molar-refractivity contribution is 0.407. The van der Waals surface area contributed by atoms with Gasteiger partial charge in [-0.05, 0) is 70.1 Å². The molecule has 0 spiro atoms. The van der Waals surface area contributed by atoms with E-state index in [2.05, 4.69) is 107 Å². The Morgan fingerprint density at radius 1 is 0.889 bits per heavy atom. The van der Waals surface area contributed by atoms with Crippen molar-refractivity contribution in [2.45, 2.75) is 154 Å². The summed E-state index contributed by atoms with van der Waals surface area (Å²) in [6.45, 7) is 32.1. The van der Waals surface area contributed by atoms with Crippen LogP contribution in [0.15, 0.2) is 47.6 Å². The molecule has 1 aliphatic rings. The third-order valence-corrected chi connectivity index (χ3v) is 6.87. The van der Waals surface area contributed by atoms with Crippen molar-refractivity contribution < 1.29 is 0 Å². The Labute approximate surface area is 232 Å². The van der Waals surface area contributed by atoms with Crippen LogP contribution in [0.3, 0.4) is 0 Å². The summed E-state index contributed by atoms with van der Waals surface area (Å²) in [4.78, 5) is 0. The van der Waals surface area contributed by atoms with E-state index in [0.717, 1.165) is 23.7 Å². The van der Waals surface area contributed by atoms with Gasteiger partial charge in [0, 0.05) is 0 Å². The van der Waals surface area contributed by atoms with Gasteiger partial charge in [0.05, 0.1) is 0 Å². The van der Waals surface area contributed by atoms with Gasteiger partial charge in [0.25, 0.3) is 0 Å². The molecule has 0 heterocycles. The molecule has 1 rings (SSSR count). The number of unbranched alkanes of at least 4 members (excludes halogenated alkanes) is 1. The van der Waals surface area contributed by atoms with Gasteiger partial charge in [-0.25, -0.2) is 0 Å². The van der Waals surface area contributed by atoms with Gasteiger partial charge in [0.15, 0.2) is 0 Å². The average molecular weight is 504 g/mol. The maximum Gasteiger partial charge on any atom is -0.0289 e. The van der Waals surface area contributed by atoms with E-state index >= 15 is 0 Å². The van der Waals surface area contributed by atoms with E-state index in [1.807, 2.05) is 26.0 Å². The topological polar surface area (TPSA) is 0 Å². The summed E-state index contributed by atoms with van der Waals surface area (Å²) < 4.78 is 0. The summed E-state index contributed by atoms with van der Waals surface area (Å²) in [5.74, 6) is 3.67. The molecule has 1 radical (unpaired) electrons. The molecule has 2 unspecified atom stereocenters. The smallest absolute Gasteiger partial charge is 0.0289 e. The van der Waals surface area contributed by atoms with Crippen LogP contribution in [0, 0.1) is 30.6 Å². The highest BCUT2D eigenvalue weighted by atomic mass is 14.2. The molecule has 1 saturated carbocycles. The summed E-state index contributed by atoms with van der Waals surface area (Å²) in [7, 11) is 0. The van der Waals surface area contributed by atoms with Crippen LogP contribution in [-0.4, -0.2) is 0 Å². The predicted octanol–water partition coefficient (Wildman–Crippen LogP) is 13.4. The zero-order valence-electron chi connectivity index (χ0n) is 27.6. The van der Waals surface area contributed by atoms with Gasteiger partial charge in [-0.1, -0.05) is 162 Å². The molecule has 0 heteroatoms. The van der Waals surface area contributed by atoms with Crippen molar-refractivity contribution in [2.24, 2.45) is 23.7 Å². The van der Waals surface area contributed by atoms with Gasteiger partial charge in [-0.15, -0.1) is 0 Å². The van der Waals surface area contributed by atoms with Crippen LogP contribution in [0.4, 0.5) is 0 Å². The normalized spacial score (nSPS) is 16.4. The van der Waals surface area contributed by atoms with Crippen molar-refractivity contribution in [1.29, 1.82) is 0 Å². The second-order valence-corrected chi connectivity index (χ2v) is 10.6. The molecule has 0 amide bonds. The van der Waals surface area contributed by atoms with E-state index in [9.17, 15) is 0 Å². The lowest BCUT2D eigenvalue weighted by Crippen LogP contribution is -2.00. The molecule has 0 N–H and O–H groups in total. The molecule has 0 aliphatic heterocycles. The highest BCUT2D eigenvalue weighted by Gasteiger charge is 2.17. The van der Waals surface area contributed by atoms with Crippen LogP contribution in [0.1, 0.15) is 154 Å². The van der Waals surface area contributed by atoms with Crippen molar-refractivity contribution in [3.8, 4) is 0 Å². The molecule has 215 valence electrons. The highest BCUT2D eigenvalue weighted by Crippen LogP contribution is 2.33. The van der Waals surface area contributed by atoms with Crippen LogP contribution in [0.5, 0.6) is 0 Å². The quantitative estimate of drug-likeness (QED) is 0.205. The lowest BCUT2D eigenvalue weighted by Gasteiger charge is -2.10. The minimum absolute atomic E-state index is 0.866. The van der Waals surface area contributed by atoms with E-state index in [-0.39, 0.29) is 0 Å². The van der Waals surface area contributed by atoms with Gasteiger partial charge in [0.1, 0.15) is 0 Å². The van der Waals surface area contributed by atoms with Crippen molar-refractivity contribution in [1.82, 2.24) is 0 Å². The number of allylic oxidation sites excluding steroid dienone is 8. The van der Waals surface area contributed by atoms with E-state index in [4.69, 9.17) is 0 Å². The summed E-state index contributed by atoms with van der Waals surface area (Å²) in [5.41, 5.74) is 3.04. The first-order valence-corrected chi connectivity index (χ1v) is 15.6. The molecule has 0 aromatic carbocycles. The van der Waals surface area contributed by atoms with Crippen molar-refractivity contribution in [3.05, 3.63) is 54.5 Å². The Bertz CT molecular complexity index is 506. The Morgan fingerprint density at radius 3 is 1.78 bits per heavy atom. The zero-order chi connectivity index (χ0) is 28.8. The molecule has 0 aromatic heterocycles. The van der Waals surface area contributed by atoms with E-state index in [1.54, 1.807) is 5.57 Å². The second-order valence-electron chi connectivity index (χ2n) is 10.6. The van der Waals surface area contributed by atoms with Gasteiger partial charge in [0.2, 0.25) is 0 Å². The van der Waals surface area contributed by atoms with Crippen molar-refractivity contribution in [2.75, 3.05) is 0 Å². The average Bonchev–Trinajstić information content (AvgIpc) is 3.34. The third-order valence-electron chi connectivity index (χ3n) is 6.87. The lowest BCUT2D eigenvalue weighted by atomic mass is 9.96. The minimum Gasteiger partial charge on any atom is -0.0862 e. The number of hydrogen-bond donors (Lipinski definition) is 0. The standard InChI is InChI=1S/C15H23.C7H16.C6H12.C6H14.C2H6/c1-3-5-7-8-10-15-12-11-14(13-15)9-6-4-2;1-5-7(4)6(2)3;1-4-5-6(2)3;1-4-6(3)5-2;1-2/h3,5,7-8,10,14H,1,4,6,9,11-13H2,2H3;6-7H,5H2,1-4H3;5H,4H2,1-3H3;6H,4-5H2,1-3H3;1-2H3/b5-3-,8-7-,15-10+;;;;. The summed E-state index contributed by atoms with van der Waals surface area (Å²) in [6.07, 6.45) is 25.8. The Balaban J connectivity index is -0.000000205. The monoisotopic (exact) mass is 504 g/mol. The first-order chi connectivity index (χ1) is 17.1. The fourth-order valence-corrected chi connectivity index (χ4v) is 3.36. The molecule has 0 aromatic rings. The Morgan fingerprint density at radius 2 is 1.47 bits per heavy atom. The number of hydrogen-bond acceptors (Lipinski definition) is 0. The molecule has 36 heavy (non-hydrogen) atoms. The predicted molar refractivity (Wildman–Crippen MR) is 174 cm³/mol. The summed E-state index contributed by atoms with van der Waals surface area (Å²) in [6, 6.07) is 0. The van der Waals surface area contributed by atoms with Gasteiger partial charge in [-0.2, -0.15) is 0 Å². The van der Waals surface area contributed by atoms with Crippen LogP contribution < -0.4 is 0 Å². The Kier molecular flexibility index (Phi) is 39.7. The largest absolute Gasteiger partial charge is 0.0862 e. The van der Waals surface area contributed by atoms with E-state index < -0.39 is 0 Å². The van der Waals surface area contributed by atoms with E-state index in [1.165, 1.54) is 69.8 Å². The molecule has 1 fully saturated rings. The fraction of sp³-hybridized carbons (Fsp3) is 0.750. The van der Waals surface area contributed by atoms with Gasteiger partial charge < -0.3 is 0 Å².